The number of hydrogen-bond acceptors (Lipinski definition) is 3. The van der Waals surface area contributed by atoms with Gasteiger partial charge < -0.3 is 5.32 Å². The minimum absolute atomic E-state index is 0.459. The van der Waals surface area contributed by atoms with E-state index >= 15 is 0 Å². The molecule has 1 aromatic rings. The van der Waals surface area contributed by atoms with Gasteiger partial charge in [-0.2, -0.15) is 10.2 Å². The molecule has 0 spiro atoms. The maximum absolute atomic E-state index is 4.07. The summed E-state index contributed by atoms with van der Waals surface area (Å²) in [4.78, 5) is 0. The van der Waals surface area contributed by atoms with Gasteiger partial charge in [-0.1, -0.05) is 39.5 Å². The highest BCUT2D eigenvalue weighted by Crippen LogP contribution is 2.40. The van der Waals surface area contributed by atoms with Crippen molar-refractivity contribution in [2.45, 2.75) is 58.4 Å². The zero-order chi connectivity index (χ0) is 13.5. The van der Waals surface area contributed by atoms with E-state index in [1.807, 2.05) is 12.4 Å². The molecule has 1 N–H and O–H groups in total. The number of nitrogens with zero attached hydrogens (tertiary/aromatic N) is 2. The SMILES string of the molecule is CCCNC(c1ccnnc1)C1CCCCC1CC. The van der Waals surface area contributed by atoms with Crippen LogP contribution in [0.15, 0.2) is 18.5 Å². The second kappa shape index (κ2) is 7.59. The fourth-order valence-electron chi connectivity index (χ4n) is 3.48. The highest BCUT2D eigenvalue weighted by atomic mass is 15.1. The van der Waals surface area contributed by atoms with Crippen molar-refractivity contribution in [1.29, 1.82) is 0 Å². The zero-order valence-electron chi connectivity index (χ0n) is 12.3. The van der Waals surface area contributed by atoms with Crippen molar-refractivity contribution in [2.75, 3.05) is 6.54 Å². The minimum Gasteiger partial charge on any atom is -0.310 e. The number of rotatable bonds is 6. The standard InChI is InChI=1S/C16H27N3/c1-3-10-17-16(14-9-11-18-19-12-14)15-8-6-5-7-13(15)4-2/h9,11-13,15-17H,3-8,10H2,1-2H3. The van der Waals surface area contributed by atoms with Crippen molar-refractivity contribution < 1.29 is 0 Å². The molecule has 0 saturated heterocycles. The summed E-state index contributed by atoms with van der Waals surface area (Å²) >= 11 is 0. The third kappa shape index (κ3) is 3.75. The van der Waals surface area contributed by atoms with Crippen molar-refractivity contribution in [2.24, 2.45) is 11.8 Å². The van der Waals surface area contributed by atoms with E-state index in [1.165, 1.54) is 44.1 Å². The van der Waals surface area contributed by atoms with Crippen LogP contribution in [-0.2, 0) is 0 Å². The lowest BCUT2D eigenvalue weighted by atomic mass is 9.72. The smallest absolute Gasteiger partial charge is 0.0544 e. The van der Waals surface area contributed by atoms with Gasteiger partial charge in [0.05, 0.1) is 6.20 Å². The molecule has 1 saturated carbocycles. The molecule has 3 atom stereocenters. The van der Waals surface area contributed by atoms with Gasteiger partial charge in [0, 0.05) is 12.2 Å². The quantitative estimate of drug-likeness (QED) is 0.848. The molecule has 0 aliphatic heterocycles. The second-order valence-corrected chi connectivity index (χ2v) is 5.72. The van der Waals surface area contributed by atoms with Gasteiger partial charge in [0.15, 0.2) is 0 Å². The van der Waals surface area contributed by atoms with E-state index in [-0.39, 0.29) is 0 Å². The summed E-state index contributed by atoms with van der Waals surface area (Å²) < 4.78 is 0. The molecule has 1 heterocycles. The molecule has 3 nitrogen and oxygen atoms in total. The van der Waals surface area contributed by atoms with E-state index in [0.717, 1.165) is 18.4 Å². The van der Waals surface area contributed by atoms with Crippen LogP contribution < -0.4 is 5.32 Å². The average molecular weight is 261 g/mol. The fraction of sp³-hybridized carbons (Fsp3) is 0.750. The summed E-state index contributed by atoms with van der Waals surface area (Å²) in [7, 11) is 0. The van der Waals surface area contributed by atoms with E-state index in [1.54, 1.807) is 0 Å². The Kier molecular flexibility index (Phi) is 5.77. The topological polar surface area (TPSA) is 37.8 Å². The van der Waals surface area contributed by atoms with Crippen molar-refractivity contribution in [3.8, 4) is 0 Å². The number of hydrogen-bond donors (Lipinski definition) is 1. The van der Waals surface area contributed by atoms with Crippen LogP contribution in [0.2, 0.25) is 0 Å². The van der Waals surface area contributed by atoms with E-state index in [9.17, 15) is 0 Å². The second-order valence-electron chi connectivity index (χ2n) is 5.72. The Morgan fingerprint density at radius 2 is 2.11 bits per heavy atom. The maximum atomic E-state index is 4.07. The molecule has 106 valence electrons. The van der Waals surface area contributed by atoms with Gasteiger partial charge in [-0.25, -0.2) is 0 Å². The molecular weight excluding hydrogens is 234 g/mol. The molecule has 1 aliphatic rings. The highest BCUT2D eigenvalue weighted by molar-refractivity contribution is 5.13. The molecule has 1 aliphatic carbocycles. The first-order valence-corrected chi connectivity index (χ1v) is 7.86. The molecular formula is C16H27N3. The van der Waals surface area contributed by atoms with E-state index in [0.29, 0.717) is 6.04 Å². The van der Waals surface area contributed by atoms with Gasteiger partial charge in [0.25, 0.3) is 0 Å². The van der Waals surface area contributed by atoms with Crippen LogP contribution in [0.5, 0.6) is 0 Å². The van der Waals surface area contributed by atoms with Crippen LogP contribution in [0.1, 0.15) is 64.0 Å². The molecule has 1 fully saturated rings. The first-order valence-electron chi connectivity index (χ1n) is 7.86. The van der Waals surface area contributed by atoms with Gasteiger partial charge in [-0.3, -0.25) is 0 Å². The maximum Gasteiger partial charge on any atom is 0.0544 e. The third-order valence-electron chi connectivity index (χ3n) is 4.50. The Bertz CT molecular complexity index is 352. The third-order valence-corrected chi connectivity index (χ3v) is 4.50. The summed E-state index contributed by atoms with van der Waals surface area (Å²) in [5, 5.41) is 11.7. The van der Waals surface area contributed by atoms with Gasteiger partial charge in [0.2, 0.25) is 0 Å². The molecule has 0 bridgehead atoms. The van der Waals surface area contributed by atoms with Crippen LogP contribution in [-0.4, -0.2) is 16.7 Å². The number of aromatic nitrogens is 2. The van der Waals surface area contributed by atoms with Gasteiger partial charge in [-0.15, -0.1) is 0 Å². The lowest BCUT2D eigenvalue weighted by Crippen LogP contribution is -2.35. The van der Waals surface area contributed by atoms with E-state index < -0.39 is 0 Å². The van der Waals surface area contributed by atoms with Gasteiger partial charge in [-0.05, 0) is 42.9 Å². The summed E-state index contributed by atoms with van der Waals surface area (Å²) in [6.45, 7) is 5.65. The van der Waals surface area contributed by atoms with Crippen molar-refractivity contribution >= 4 is 0 Å². The zero-order valence-corrected chi connectivity index (χ0v) is 12.3. The average Bonchev–Trinajstić information content (AvgIpc) is 2.49. The van der Waals surface area contributed by atoms with Crippen molar-refractivity contribution in [3.05, 3.63) is 24.0 Å². The molecule has 2 rings (SSSR count). The summed E-state index contributed by atoms with van der Waals surface area (Å²) in [5.41, 5.74) is 1.31. The van der Waals surface area contributed by atoms with Crippen LogP contribution >= 0.6 is 0 Å². The Morgan fingerprint density at radius 1 is 1.26 bits per heavy atom. The summed E-state index contributed by atoms with van der Waals surface area (Å²) in [6.07, 6.45) is 11.8. The lowest BCUT2D eigenvalue weighted by Gasteiger charge is -2.37. The predicted molar refractivity (Wildman–Crippen MR) is 78.8 cm³/mol. The Hall–Kier alpha value is -0.960. The monoisotopic (exact) mass is 261 g/mol. The molecule has 0 amide bonds. The van der Waals surface area contributed by atoms with Crippen LogP contribution in [0, 0.1) is 11.8 Å². The molecule has 1 aromatic heterocycles. The Morgan fingerprint density at radius 3 is 2.79 bits per heavy atom. The molecule has 3 unspecified atom stereocenters. The van der Waals surface area contributed by atoms with Gasteiger partial charge >= 0.3 is 0 Å². The molecule has 19 heavy (non-hydrogen) atoms. The first-order chi connectivity index (χ1) is 9.36. The largest absolute Gasteiger partial charge is 0.310 e. The Labute approximate surface area is 117 Å². The minimum atomic E-state index is 0.459. The molecule has 3 heteroatoms. The molecule has 0 radical (unpaired) electrons. The van der Waals surface area contributed by atoms with Crippen LogP contribution in [0.3, 0.4) is 0 Å². The predicted octanol–water partition coefficient (Wildman–Crippen LogP) is 3.73. The van der Waals surface area contributed by atoms with Crippen LogP contribution in [0.4, 0.5) is 0 Å². The normalized spacial score (nSPS) is 25.2. The fourth-order valence-corrected chi connectivity index (χ4v) is 3.48. The Balaban J connectivity index is 2.16. The summed E-state index contributed by atoms with van der Waals surface area (Å²) in [6, 6.07) is 2.59. The highest BCUT2D eigenvalue weighted by Gasteiger charge is 2.31. The number of nitrogens with one attached hydrogen (secondary N) is 1. The van der Waals surface area contributed by atoms with E-state index in [4.69, 9.17) is 0 Å². The van der Waals surface area contributed by atoms with Crippen molar-refractivity contribution in [3.63, 3.8) is 0 Å². The first kappa shape index (κ1) is 14.4. The van der Waals surface area contributed by atoms with E-state index in [2.05, 4.69) is 35.4 Å². The van der Waals surface area contributed by atoms with Crippen molar-refractivity contribution in [1.82, 2.24) is 15.5 Å². The molecule has 0 aromatic carbocycles. The summed E-state index contributed by atoms with van der Waals surface area (Å²) in [5.74, 6) is 1.62. The van der Waals surface area contributed by atoms with Crippen LogP contribution in [0.25, 0.3) is 0 Å². The lowest BCUT2D eigenvalue weighted by molar-refractivity contribution is 0.175. The van der Waals surface area contributed by atoms with Gasteiger partial charge in [0.1, 0.15) is 0 Å².